The molecule has 3 nitrogen and oxygen atoms in total. The molecule has 1 aromatic carbocycles. The Morgan fingerprint density at radius 3 is 2.57 bits per heavy atom. The zero-order valence-electron chi connectivity index (χ0n) is 12.4. The van der Waals surface area contributed by atoms with Gasteiger partial charge in [-0.3, -0.25) is 4.68 Å². The molecule has 0 amide bonds. The first-order chi connectivity index (χ1) is 10.0. The topological polar surface area (TPSA) is 29.9 Å². The Bertz CT molecular complexity index is 598. The van der Waals surface area contributed by atoms with Crippen LogP contribution >= 0.6 is 39.3 Å². The van der Waals surface area contributed by atoms with E-state index < -0.39 is 0 Å². The molecule has 21 heavy (non-hydrogen) atoms. The number of thioether (sulfide) groups is 1. The number of halogens is 2. The molecule has 0 bridgehead atoms. The Hall–Kier alpha value is -0.490. The van der Waals surface area contributed by atoms with Gasteiger partial charge in [-0.2, -0.15) is 5.10 Å². The monoisotopic (exact) mass is 387 g/mol. The molecule has 1 unspecified atom stereocenters. The van der Waals surface area contributed by atoms with Gasteiger partial charge in [-0.25, -0.2) is 0 Å². The lowest BCUT2D eigenvalue weighted by Gasteiger charge is -2.16. The van der Waals surface area contributed by atoms with Crippen molar-refractivity contribution in [3.05, 3.63) is 45.1 Å². The fraction of sp³-hybridized carbons (Fsp3) is 0.400. The van der Waals surface area contributed by atoms with Gasteiger partial charge in [0.05, 0.1) is 15.9 Å². The summed E-state index contributed by atoms with van der Waals surface area (Å²) in [7, 11) is 4.00. The molecular weight excluding hydrogens is 370 g/mol. The van der Waals surface area contributed by atoms with Gasteiger partial charge in [0.15, 0.2) is 0 Å². The third-order valence-electron chi connectivity index (χ3n) is 3.37. The van der Waals surface area contributed by atoms with Crippen LogP contribution in [0.15, 0.2) is 33.6 Å². The van der Waals surface area contributed by atoms with E-state index in [1.165, 1.54) is 10.6 Å². The molecule has 0 radical (unpaired) electrons. The molecule has 0 aliphatic rings. The van der Waals surface area contributed by atoms with Crippen LogP contribution < -0.4 is 5.32 Å². The summed E-state index contributed by atoms with van der Waals surface area (Å²) in [6.45, 7) is 2.02. The van der Waals surface area contributed by atoms with Crippen molar-refractivity contribution < 1.29 is 0 Å². The molecule has 0 fully saturated rings. The van der Waals surface area contributed by atoms with Gasteiger partial charge < -0.3 is 5.32 Å². The predicted molar refractivity (Wildman–Crippen MR) is 94.4 cm³/mol. The largest absolute Gasteiger partial charge is 0.316 e. The van der Waals surface area contributed by atoms with Crippen LogP contribution in [0, 0.1) is 6.92 Å². The number of benzene rings is 1. The van der Waals surface area contributed by atoms with Crippen LogP contribution in [0.2, 0.25) is 5.02 Å². The van der Waals surface area contributed by atoms with Gasteiger partial charge in [0.25, 0.3) is 0 Å². The van der Waals surface area contributed by atoms with Crippen LogP contribution in [0.5, 0.6) is 0 Å². The van der Waals surface area contributed by atoms with Gasteiger partial charge in [-0.05, 0) is 54.2 Å². The number of likely N-dealkylation sites (N-methyl/N-ethyl adjacent to an activating group) is 1. The summed E-state index contributed by atoms with van der Waals surface area (Å²) in [4.78, 5) is 1.24. The summed E-state index contributed by atoms with van der Waals surface area (Å²) in [5.41, 5.74) is 2.26. The van der Waals surface area contributed by atoms with Crippen LogP contribution in [-0.4, -0.2) is 28.6 Å². The first-order valence-electron chi connectivity index (χ1n) is 6.75. The van der Waals surface area contributed by atoms with E-state index in [1.54, 1.807) is 0 Å². The highest BCUT2D eigenvalue weighted by molar-refractivity contribution is 9.10. The number of nitrogens with zero attached hydrogens (tertiary/aromatic N) is 2. The lowest BCUT2D eigenvalue weighted by molar-refractivity contribution is 0.580. The molecule has 2 rings (SSSR count). The van der Waals surface area contributed by atoms with E-state index in [2.05, 4.69) is 38.5 Å². The Kier molecular flexibility index (Phi) is 6.17. The molecule has 0 aliphatic carbocycles. The molecule has 0 spiro atoms. The van der Waals surface area contributed by atoms with E-state index in [0.717, 1.165) is 27.4 Å². The number of aryl methyl sites for hydroxylation is 2. The SMILES string of the molecule is CNC(CSc1ccc(Cl)cc1)Cc1c(Br)c(C)nn1C. The molecule has 1 N–H and O–H groups in total. The number of rotatable bonds is 6. The summed E-state index contributed by atoms with van der Waals surface area (Å²) < 4.78 is 3.07. The summed E-state index contributed by atoms with van der Waals surface area (Å²) in [5, 5.41) is 8.61. The quantitative estimate of drug-likeness (QED) is 0.757. The van der Waals surface area contributed by atoms with Crippen molar-refractivity contribution in [1.82, 2.24) is 15.1 Å². The van der Waals surface area contributed by atoms with Gasteiger partial charge in [-0.1, -0.05) is 11.6 Å². The smallest absolute Gasteiger partial charge is 0.0738 e. The minimum atomic E-state index is 0.386. The van der Waals surface area contributed by atoms with E-state index in [-0.39, 0.29) is 0 Å². The van der Waals surface area contributed by atoms with Crippen molar-refractivity contribution in [3.63, 3.8) is 0 Å². The second-order valence-corrected chi connectivity index (χ2v) is 7.25. The van der Waals surface area contributed by atoms with Crippen molar-refractivity contribution in [2.24, 2.45) is 7.05 Å². The van der Waals surface area contributed by atoms with Crippen molar-refractivity contribution in [2.75, 3.05) is 12.8 Å². The molecule has 0 aliphatic heterocycles. The van der Waals surface area contributed by atoms with Crippen LogP contribution in [-0.2, 0) is 13.5 Å². The highest BCUT2D eigenvalue weighted by atomic mass is 79.9. The molecule has 1 atom stereocenters. The fourth-order valence-electron chi connectivity index (χ4n) is 2.11. The third-order valence-corrected chi connectivity index (χ3v) is 5.83. The van der Waals surface area contributed by atoms with Gasteiger partial charge in [0, 0.05) is 35.2 Å². The molecule has 6 heteroatoms. The van der Waals surface area contributed by atoms with E-state index >= 15 is 0 Å². The summed E-state index contributed by atoms with van der Waals surface area (Å²) in [6, 6.07) is 8.36. The summed E-state index contributed by atoms with van der Waals surface area (Å²) in [6.07, 6.45) is 0.939. The van der Waals surface area contributed by atoms with Gasteiger partial charge in [0.2, 0.25) is 0 Å². The Morgan fingerprint density at radius 2 is 2.05 bits per heavy atom. The highest BCUT2D eigenvalue weighted by Gasteiger charge is 2.16. The number of hydrogen-bond donors (Lipinski definition) is 1. The van der Waals surface area contributed by atoms with Crippen molar-refractivity contribution in [2.45, 2.75) is 24.3 Å². The zero-order chi connectivity index (χ0) is 15.4. The summed E-state index contributed by atoms with van der Waals surface area (Å²) in [5.74, 6) is 0.995. The lowest BCUT2D eigenvalue weighted by atomic mass is 10.2. The van der Waals surface area contributed by atoms with Gasteiger partial charge in [0.1, 0.15) is 0 Å². The van der Waals surface area contributed by atoms with Crippen LogP contribution in [0.1, 0.15) is 11.4 Å². The molecule has 0 saturated carbocycles. The number of nitrogens with one attached hydrogen (secondary N) is 1. The maximum Gasteiger partial charge on any atom is 0.0738 e. The van der Waals surface area contributed by atoms with E-state index in [4.69, 9.17) is 11.6 Å². The lowest BCUT2D eigenvalue weighted by Crippen LogP contribution is -2.31. The summed E-state index contributed by atoms with van der Waals surface area (Å²) >= 11 is 11.4. The standard InChI is InChI=1S/C15H19BrClN3S/c1-10-15(16)14(20(3)19-10)8-12(18-2)9-21-13-6-4-11(17)5-7-13/h4-7,12,18H,8-9H2,1-3H3. The highest BCUT2D eigenvalue weighted by Crippen LogP contribution is 2.25. The van der Waals surface area contributed by atoms with E-state index in [0.29, 0.717) is 6.04 Å². The Morgan fingerprint density at radius 1 is 1.38 bits per heavy atom. The zero-order valence-corrected chi connectivity index (χ0v) is 15.5. The Balaban J connectivity index is 1.98. The minimum Gasteiger partial charge on any atom is -0.316 e. The molecular formula is C15H19BrClN3S. The number of hydrogen-bond acceptors (Lipinski definition) is 3. The van der Waals surface area contributed by atoms with Crippen molar-refractivity contribution >= 4 is 39.3 Å². The first-order valence-corrected chi connectivity index (χ1v) is 8.90. The number of aromatic nitrogens is 2. The predicted octanol–water partition coefficient (Wildman–Crippen LogP) is 4.07. The fourth-order valence-corrected chi connectivity index (χ4v) is 3.74. The van der Waals surface area contributed by atoms with Gasteiger partial charge in [-0.15, -0.1) is 11.8 Å². The third kappa shape index (κ3) is 4.49. The molecule has 2 aromatic rings. The van der Waals surface area contributed by atoms with Crippen molar-refractivity contribution in [1.29, 1.82) is 0 Å². The van der Waals surface area contributed by atoms with Crippen molar-refractivity contribution in [3.8, 4) is 0 Å². The normalized spacial score (nSPS) is 12.6. The maximum absolute atomic E-state index is 5.91. The van der Waals surface area contributed by atoms with Crippen LogP contribution in [0.4, 0.5) is 0 Å². The second kappa shape index (κ2) is 7.68. The average molecular weight is 389 g/mol. The first kappa shape index (κ1) is 16.9. The minimum absolute atomic E-state index is 0.386. The van der Waals surface area contributed by atoms with E-state index in [9.17, 15) is 0 Å². The molecule has 1 aromatic heterocycles. The van der Waals surface area contributed by atoms with Gasteiger partial charge >= 0.3 is 0 Å². The second-order valence-electron chi connectivity index (χ2n) is 4.92. The van der Waals surface area contributed by atoms with E-state index in [1.807, 2.05) is 49.6 Å². The van der Waals surface area contributed by atoms with Crippen LogP contribution in [0.3, 0.4) is 0 Å². The molecule has 114 valence electrons. The maximum atomic E-state index is 5.91. The van der Waals surface area contributed by atoms with Crippen LogP contribution in [0.25, 0.3) is 0 Å². The molecule has 0 saturated heterocycles. The Labute approximate surface area is 143 Å². The average Bonchev–Trinajstić information content (AvgIpc) is 2.71. The molecule has 1 heterocycles.